The molecule has 2 aliphatic heterocycles. The zero-order valence-electron chi connectivity index (χ0n) is 15.0. The molecule has 0 radical (unpaired) electrons. The third-order valence-corrected chi connectivity index (χ3v) is 5.33. The number of nitrogens with zero attached hydrogens (tertiary/aromatic N) is 1. The van der Waals surface area contributed by atoms with Gasteiger partial charge in [-0.15, -0.1) is 0 Å². The van der Waals surface area contributed by atoms with Crippen LogP contribution in [0.1, 0.15) is 75.3 Å². The van der Waals surface area contributed by atoms with Crippen molar-refractivity contribution in [3.05, 3.63) is 34.4 Å². The SMILES string of the molecule is CCC(=O)N1CCc2cc(C(C)(C)C)cc(C3CCCN3)c2C1. The van der Waals surface area contributed by atoms with Crippen molar-refractivity contribution in [1.29, 1.82) is 0 Å². The smallest absolute Gasteiger partial charge is 0.222 e. The summed E-state index contributed by atoms with van der Waals surface area (Å²) in [6, 6.07) is 5.26. The Bertz CT molecular complexity index is 594. The van der Waals surface area contributed by atoms with E-state index in [-0.39, 0.29) is 11.3 Å². The van der Waals surface area contributed by atoms with Crippen molar-refractivity contribution in [3.8, 4) is 0 Å². The summed E-state index contributed by atoms with van der Waals surface area (Å²) >= 11 is 0. The molecule has 1 amide bonds. The number of hydrogen-bond acceptors (Lipinski definition) is 2. The fraction of sp³-hybridized carbons (Fsp3) is 0.650. The summed E-state index contributed by atoms with van der Waals surface area (Å²) in [4.78, 5) is 14.2. The van der Waals surface area contributed by atoms with Crippen molar-refractivity contribution in [1.82, 2.24) is 10.2 Å². The summed E-state index contributed by atoms with van der Waals surface area (Å²) in [6.45, 7) is 11.6. The number of carbonyl (C=O) groups excluding carboxylic acids is 1. The average Bonchev–Trinajstić information content (AvgIpc) is 3.05. The first-order chi connectivity index (χ1) is 10.9. The largest absolute Gasteiger partial charge is 0.338 e. The topological polar surface area (TPSA) is 32.3 Å². The number of nitrogens with one attached hydrogen (secondary N) is 1. The lowest BCUT2D eigenvalue weighted by molar-refractivity contribution is -0.131. The van der Waals surface area contributed by atoms with Crippen LogP contribution in [0.2, 0.25) is 0 Å². The van der Waals surface area contributed by atoms with Gasteiger partial charge in [0.15, 0.2) is 0 Å². The highest BCUT2D eigenvalue weighted by atomic mass is 16.2. The minimum atomic E-state index is 0.165. The zero-order chi connectivity index (χ0) is 16.6. The van der Waals surface area contributed by atoms with Gasteiger partial charge in [0.05, 0.1) is 0 Å². The second-order valence-electron chi connectivity index (χ2n) is 8.02. The number of fused-ring (bicyclic) bond motifs is 1. The van der Waals surface area contributed by atoms with Crippen molar-refractivity contribution in [2.75, 3.05) is 13.1 Å². The molecule has 3 rings (SSSR count). The van der Waals surface area contributed by atoms with Gasteiger partial charge in [-0.1, -0.05) is 39.8 Å². The molecule has 0 saturated carbocycles. The highest BCUT2D eigenvalue weighted by Gasteiger charge is 2.28. The highest BCUT2D eigenvalue weighted by Crippen LogP contribution is 2.35. The van der Waals surface area contributed by atoms with Crippen molar-refractivity contribution in [2.24, 2.45) is 0 Å². The molecule has 0 aliphatic carbocycles. The molecule has 2 aliphatic rings. The van der Waals surface area contributed by atoms with E-state index in [1.54, 1.807) is 0 Å². The third kappa shape index (κ3) is 3.30. The predicted octanol–water partition coefficient (Wildman–Crippen LogP) is 3.70. The molecule has 0 spiro atoms. The van der Waals surface area contributed by atoms with Gasteiger partial charge < -0.3 is 10.2 Å². The first-order valence-corrected chi connectivity index (χ1v) is 9.07. The van der Waals surface area contributed by atoms with Crippen molar-refractivity contribution < 1.29 is 4.79 Å². The van der Waals surface area contributed by atoms with E-state index in [1.165, 1.54) is 35.1 Å². The molecule has 1 unspecified atom stereocenters. The molecule has 2 heterocycles. The van der Waals surface area contributed by atoms with E-state index in [9.17, 15) is 4.79 Å². The van der Waals surface area contributed by atoms with Gasteiger partial charge in [0.25, 0.3) is 0 Å². The van der Waals surface area contributed by atoms with Gasteiger partial charge in [-0.25, -0.2) is 0 Å². The predicted molar refractivity (Wildman–Crippen MR) is 94.5 cm³/mol. The van der Waals surface area contributed by atoms with Crippen LogP contribution in [0.4, 0.5) is 0 Å². The quantitative estimate of drug-likeness (QED) is 0.902. The van der Waals surface area contributed by atoms with Crippen LogP contribution in [0, 0.1) is 0 Å². The van der Waals surface area contributed by atoms with Gasteiger partial charge in [-0.05, 0) is 53.5 Å². The zero-order valence-corrected chi connectivity index (χ0v) is 15.0. The summed E-state index contributed by atoms with van der Waals surface area (Å²) in [5, 5.41) is 3.66. The van der Waals surface area contributed by atoms with Gasteiger partial charge in [0.2, 0.25) is 5.91 Å². The normalized spacial score (nSPS) is 21.4. The summed E-state index contributed by atoms with van der Waals surface area (Å²) < 4.78 is 0. The van der Waals surface area contributed by atoms with E-state index in [4.69, 9.17) is 0 Å². The Morgan fingerprint density at radius 1 is 1.35 bits per heavy atom. The van der Waals surface area contributed by atoms with Gasteiger partial charge in [-0.2, -0.15) is 0 Å². The Morgan fingerprint density at radius 2 is 2.13 bits per heavy atom. The lowest BCUT2D eigenvalue weighted by Gasteiger charge is -2.33. The molecule has 1 aromatic carbocycles. The molecule has 1 atom stereocenters. The van der Waals surface area contributed by atoms with Crippen molar-refractivity contribution in [2.45, 2.75) is 71.4 Å². The minimum Gasteiger partial charge on any atom is -0.338 e. The molecule has 1 saturated heterocycles. The summed E-state index contributed by atoms with van der Waals surface area (Å²) in [6.07, 6.45) is 4.05. The van der Waals surface area contributed by atoms with Crippen LogP contribution < -0.4 is 5.32 Å². The second kappa shape index (κ2) is 6.27. The van der Waals surface area contributed by atoms with E-state index in [1.807, 2.05) is 11.8 Å². The van der Waals surface area contributed by atoms with Crippen LogP contribution >= 0.6 is 0 Å². The van der Waals surface area contributed by atoms with Crippen LogP contribution in [0.15, 0.2) is 12.1 Å². The first-order valence-electron chi connectivity index (χ1n) is 9.07. The van der Waals surface area contributed by atoms with E-state index >= 15 is 0 Å². The fourth-order valence-electron chi connectivity index (χ4n) is 3.83. The Balaban J connectivity index is 2.03. The maximum Gasteiger partial charge on any atom is 0.222 e. The molecule has 126 valence electrons. The van der Waals surface area contributed by atoms with E-state index in [0.717, 1.165) is 26.1 Å². The van der Waals surface area contributed by atoms with E-state index < -0.39 is 0 Å². The summed E-state index contributed by atoms with van der Waals surface area (Å²) in [5.74, 6) is 0.279. The maximum absolute atomic E-state index is 12.1. The number of amides is 1. The Kier molecular flexibility index (Phi) is 4.50. The van der Waals surface area contributed by atoms with Gasteiger partial charge in [-0.3, -0.25) is 4.79 Å². The lowest BCUT2D eigenvalue weighted by atomic mass is 9.80. The van der Waals surface area contributed by atoms with E-state index in [0.29, 0.717) is 12.5 Å². The maximum atomic E-state index is 12.1. The Labute approximate surface area is 140 Å². The van der Waals surface area contributed by atoms with Gasteiger partial charge in [0.1, 0.15) is 0 Å². The van der Waals surface area contributed by atoms with Crippen molar-refractivity contribution >= 4 is 5.91 Å². The van der Waals surface area contributed by atoms with Crippen molar-refractivity contribution in [3.63, 3.8) is 0 Å². The third-order valence-electron chi connectivity index (χ3n) is 5.33. The molecule has 3 nitrogen and oxygen atoms in total. The monoisotopic (exact) mass is 314 g/mol. The number of rotatable bonds is 2. The van der Waals surface area contributed by atoms with Crippen LogP contribution in [0.25, 0.3) is 0 Å². The lowest BCUT2D eigenvalue weighted by Crippen LogP contribution is -2.37. The second-order valence-corrected chi connectivity index (χ2v) is 8.02. The average molecular weight is 314 g/mol. The summed E-state index contributed by atoms with van der Waals surface area (Å²) in [5.41, 5.74) is 5.90. The van der Waals surface area contributed by atoms with E-state index in [2.05, 4.69) is 38.2 Å². The number of carbonyl (C=O) groups is 1. The Morgan fingerprint density at radius 3 is 2.74 bits per heavy atom. The van der Waals surface area contributed by atoms with Crippen LogP contribution in [-0.2, 0) is 23.2 Å². The highest BCUT2D eigenvalue weighted by molar-refractivity contribution is 5.76. The number of hydrogen-bond donors (Lipinski definition) is 1. The molecule has 23 heavy (non-hydrogen) atoms. The molecule has 0 bridgehead atoms. The molecule has 0 aromatic heterocycles. The first kappa shape index (κ1) is 16.5. The molecular formula is C20H30N2O. The molecule has 1 aromatic rings. The van der Waals surface area contributed by atoms with Crippen LogP contribution in [-0.4, -0.2) is 23.9 Å². The van der Waals surface area contributed by atoms with Crippen LogP contribution in [0.3, 0.4) is 0 Å². The Hall–Kier alpha value is -1.35. The van der Waals surface area contributed by atoms with Crippen LogP contribution in [0.5, 0.6) is 0 Å². The molecule has 1 N–H and O–H groups in total. The molecule has 1 fully saturated rings. The van der Waals surface area contributed by atoms with Gasteiger partial charge in [0, 0.05) is 25.6 Å². The molecular weight excluding hydrogens is 284 g/mol. The molecule has 3 heteroatoms. The summed E-state index contributed by atoms with van der Waals surface area (Å²) in [7, 11) is 0. The standard InChI is InChI=1S/C20H30N2O/c1-5-19(23)22-10-8-14-11-15(20(2,3)4)12-16(17(14)13-22)18-7-6-9-21-18/h11-12,18,21H,5-10,13H2,1-4H3. The number of benzene rings is 1. The fourth-order valence-corrected chi connectivity index (χ4v) is 3.83. The minimum absolute atomic E-state index is 0.165. The van der Waals surface area contributed by atoms with Gasteiger partial charge >= 0.3 is 0 Å².